The lowest BCUT2D eigenvalue weighted by Crippen LogP contribution is -2.42. The first kappa shape index (κ1) is 16.0. The van der Waals surface area contributed by atoms with Crippen molar-refractivity contribution in [2.24, 2.45) is 11.7 Å². The Bertz CT molecular complexity index is 499. The lowest BCUT2D eigenvalue weighted by atomic mass is 9.90. The number of carbonyl (C=O) groups excluding carboxylic acids is 1. The average Bonchev–Trinajstić information content (AvgIpc) is 2.73. The van der Waals surface area contributed by atoms with Crippen LogP contribution in [-0.4, -0.2) is 39.7 Å². The average molecular weight is 292 g/mol. The topological polar surface area (TPSA) is 64.2 Å². The van der Waals surface area contributed by atoms with Gasteiger partial charge < -0.3 is 10.6 Å². The highest BCUT2D eigenvalue weighted by molar-refractivity contribution is 5.96. The first-order chi connectivity index (χ1) is 9.95. The molecule has 0 bridgehead atoms. The third-order valence-electron chi connectivity index (χ3n) is 4.60. The molecular weight excluding hydrogens is 264 g/mol. The summed E-state index contributed by atoms with van der Waals surface area (Å²) in [4.78, 5) is 14.7. The molecule has 1 amide bonds. The number of nitrogens with two attached hydrogens (primary N) is 1. The van der Waals surface area contributed by atoms with Crippen LogP contribution in [0, 0.1) is 19.8 Å². The van der Waals surface area contributed by atoms with E-state index in [-0.39, 0.29) is 11.9 Å². The van der Waals surface area contributed by atoms with Crippen molar-refractivity contribution in [2.75, 3.05) is 13.1 Å². The molecule has 1 aromatic heterocycles. The molecule has 1 aliphatic rings. The van der Waals surface area contributed by atoms with E-state index in [2.05, 4.69) is 18.9 Å². The van der Waals surface area contributed by atoms with Gasteiger partial charge in [0.2, 0.25) is 0 Å². The third kappa shape index (κ3) is 3.28. The maximum absolute atomic E-state index is 12.8. The van der Waals surface area contributed by atoms with E-state index >= 15 is 0 Å². The Morgan fingerprint density at radius 3 is 2.52 bits per heavy atom. The van der Waals surface area contributed by atoms with Crippen LogP contribution in [-0.2, 0) is 6.54 Å². The summed E-state index contributed by atoms with van der Waals surface area (Å²) in [5.41, 5.74) is 8.60. The molecule has 2 rings (SSSR count). The van der Waals surface area contributed by atoms with Crippen molar-refractivity contribution in [1.82, 2.24) is 14.7 Å². The number of likely N-dealkylation sites (tertiary alicyclic amines) is 1. The van der Waals surface area contributed by atoms with Crippen molar-refractivity contribution in [1.29, 1.82) is 0 Å². The third-order valence-corrected chi connectivity index (χ3v) is 4.60. The molecule has 0 spiro atoms. The quantitative estimate of drug-likeness (QED) is 0.924. The van der Waals surface area contributed by atoms with Gasteiger partial charge in [-0.2, -0.15) is 5.10 Å². The highest BCUT2D eigenvalue weighted by Crippen LogP contribution is 2.23. The first-order valence-corrected chi connectivity index (χ1v) is 8.04. The van der Waals surface area contributed by atoms with Gasteiger partial charge in [0.25, 0.3) is 5.91 Å². The Balaban J connectivity index is 2.11. The second kappa shape index (κ2) is 6.60. The molecular formula is C16H28N4O. The lowest BCUT2D eigenvalue weighted by Gasteiger charge is -2.33. The van der Waals surface area contributed by atoms with Gasteiger partial charge in [-0.25, -0.2) is 0 Å². The van der Waals surface area contributed by atoms with Gasteiger partial charge >= 0.3 is 0 Å². The van der Waals surface area contributed by atoms with Crippen molar-refractivity contribution >= 4 is 5.91 Å². The monoisotopic (exact) mass is 292 g/mol. The maximum Gasteiger partial charge on any atom is 0.257 e. The van der Waals surface area contributed by atoms with Crippen LogP contribution >= 0.6 is 0 Å². The fourth-order valence-corrected chi connectivity index (χ4v) is 3.22. The summed E-state index contributed by atoms with van der Waals surface area (Å²) >= 11 is 0. The number of nitrogens with zero attached hydrogens (tertiary/aromatic N) is 3. The van der Waals surface area contributed by atoms with E-state index in [4.69, 9.17) is 5.73 Å². The molecule has 5 nitrogen and oxygen atoms in total. The summed E-state index contributed by atoms with van der Waals surface area (Å²) in [5, 5.41) is 4.51. The number of carbonyl (C=O) groups is 1. The molecule has 2 heterocycles. The Labute approximate surface area is 127 Å². The molecule has 0 aliphatic carbocycles. The van der Waals surface area contributed by atoms with E-state index in [1.165, 1.54) is 0 Å². The largest absolute Gasteiger partial charge is 0.339 e. The number of aromatic nitrogens is 2. The summed E-state index contributed by atoms with van der Waals surface area (Å²) in [6, 6.07) is 0.220. The fourth-order valence-electron chi connectivity index (χ4n) is 3.22. The van der Waals surface area contributed by atoms with Gasteiger partial charge in [0.05, 0.1) is 11.3 Å². The standard InChI is InChI=1S/C16H28N4O/c1-5-8-20-13(4)15(12(3)18-20)16(21)19-9-6-14(7-10-19)11(2)17/h11,14H,5-10,17H2,1-4H3. The molecule has 0 saturated carbocycles. The Kier molecular flexibility index (Phi) is 5.04. The maximum atomic E-state index is 12.8. The van der Waals surface area contributed by atoms with E-state index in [0.717, 1.165) is 55.8 Å². The SMILES string of the molecule is CCCn1nc(C)c(C(=O)N2CCC(C(C)N)CC2)c1C. The smallest absolute Gasteiger partial charge is 0.257 e. The van der Waals surface area contributed by atoms with E-state index in [0.29, 0.717) is 5.92 Å². The molecule has 1 aliphatic heterocycles. The van der Waals surface area contributed by atoms with Crippen LogP contribution in [0.4, 0.5) is 0 Å². The van der Waals surface area contributed by atoms with Gasteiger partial charge in [-0.05, 0) is 46.0 Å². The predicted octanol–water partition coefficient (Wildman–Crippen LogP) is 2.11. The zero-order valence-corrected chi connectivity index (χ0v) is 13.7. The molecule has 1 fully saturated rings. The van der Waals surface area contributed by atoms with Gasteiger partial charge in [-0.1, -0.05) is 6.92 Å². The molecule has 5 heteroatoms. The van der Waals surface area contributed by atoms with Gasteiger partial charge in [0.15, 0.2) is 0 Å². The van der Waals surface area contributed by atoms with Crippen LogP contribution in [0.1, 0.15) is 54.9 Å². The fraction of sp³-hybridized carbons (Fsp3) is 0.750. The molecule has 1 aromatic rings. The van der Waals surface area contributed by atoms with Crippen LogP contribution in [0.25, 0.3) is 0 Å². The molecule has 1 saturated heterocycles. The van der Waals surface area contributed by atoms with Gasteiger partial charge in [0, 0.05) is 31.4 Å². The summed E-state index contributed by atoms with van der Waals surface area (Å²) < 4.78 is 1.96. The Morgan fingerprint density at radius 2 is 2.00 bits per heavy atom. The molecule has 21 heavy (non-hydrogen) atoms. The van der Waals surface area contributed by atoms with E-state index in [1.54, 1.807) is 0 Å². The highest BCUT2D eigenvalue weighted by Gasteiger charge is 2.28. The van der Waals surface area contributed by atoms with Gasteiger partial charge in [-0.3, -0.25) is 9.48 Å². The van der Waals surface area contributed by atoms with Crippen molar-refractivity contribution in [3.8, 4) is 0 Å². The lowest BCUT2D eigenvalue weighted by molar-refractivity contribution is 0.0679. The normalized spacial score (nSPS) is 18.0. The molecule has 1 unspecified atom stereocenters. The second-order valence-electron chi connectivity index (χ2n) is 6.26. The van der Waals surface area contributed by atoms with Crippen molar-refractivity contribution < 1.29 is 4.79 Å². The Morgan fingerprint density at radius 1 is 1.38 bits per heavy atom. The van der Waals surface area contributed by atoms with Crippen molar-refractivity contribution in [3.63, 3.8) is 0 Å². The minimum absolute atomic E-state index is 0.135. The van der Waals surface area contributed by atoms with Crippen LogP contribution < -0.4 is 5.73 Å². The molecule has 2 N–H and O–H groups in total. The van der Waals surface area contributed by atoms with Crippen LogP contribution in [0.15, 0.2) is 0 Å². The highest BCUT2D eigenvalue weighted by atomic mass is 16.2. The molecule has 1 atom stereocenters. The van der Waals surface area contributed by atoms with Gasteiger partial charge in [0.1, 0.15) is 0 Å². The van der Waals surface area contributed by atoms with Crippen molar-refractivity contribution in [2.45, 2.75) is 59.5 Å². The van der Waals surface area contributed by atoms with Crippen LogP contribution in [0.3, 0.4) is 0 Å². The number of hydrogen-bond donors (Lipinski definition) is 1. The second-order valence-corrected chi connectivity index (χ2v) is 6.26. The summed E-state index contributed by atoms with van der Waals surface area (Å²) in [5.74, 6) is 0.675. The van der Waals surface area contributed by atoms with E-state index in [9.17, 15) is 4.79 Å². The molecule has 0 aromatic carbocycles. The molecule has 118 valence electrons. The first-order valence-electron chi connectivity index (χ1n) is 8.04. The summed E-state index contributed by atoms with van der Waals surface area (Å²) in [7, 11) is 0. The number of aryl methyl sites for hydroxylation is 2. The number of amides is 1. The zero-order valence-electron chi connectivity index (χ0n) is 13.7. The van der Waals surface area contributed by atoms with Crippen molar-refractivity contribution in [3.05, 3.63) is 17.0 Å². The van der Waals surface area contributed by atoms with E-state index < -0.39 is 0 Å². The van der Waals surface area contributed by atoms with Gasteiger partial charge in [-0.15, -0.1) is 0 Å². The minimum atomic E-state index is 0.135. The van der Waals surface area contributed by atoms with E-state index in [1.807, 2.05) is 23.4 Å². The van der Waals surface area contributed by atoms with Crippen LogP contribution in [0.2, 0.25) is 0 Å². The summed E-state index contributed by atoms with van der Waals surface area (Å²) in [6.45, 7) is 10.6. The summed E-state index contributed by atoms with van der Waals surface area (Å²) in [6.07, 6.45) is 3.03. The molecule has 0 radical (unpaired) electrons. The zero-order chi connectivity index (χ0) is 15.6. The van der Waals surface area contributed by atoms with Crippen LogP contribution in [0.5, 0.6) is 0 Å². The number of hydrogen-bond acceptors (Lipinski definition) is 3. The minimum Gasteiger partial charge on any atom is -0.339 e. The Hall–Kier alpha value is -1.36. The number of piperidine rings is 1. The predicted molar refractivity (Wildman–Crippen MR) is 84.3 cm³/mol. The number of rotatable bonds is 4.